The van der Waals surface area contributed by atoms with Gasteiger partial charge in [-0.25, -0.2) is 4.98 Å². The van der Waals surface area contributed by atoms with E-state index < -0.39 is 4.92 Å². The third-order valence-corrected chi connectivity index (χ3v) is 3.10. The average molecular weight is 262 g/mol. The maximum absolute atomic E-state index is 10.6. The Morgan fingerprint density at radius 1 is 1.68 bits per heavy atom. The number of nitrogens with zero attached hydrogens (tertiary/aromatic N) is 3. The number of nitriles is 1. The lowest BCUT2D eigenvalue weighted by atomic mass is 10.1. The van der Waals surface area contributed by atoms with Crippen LogP contribution in [0.3, 0.4) is 0 Å². The molecule has 19 heavy (non-hydrogen) atoms. The number of rotatable bonds is 5. The molecule has 1 N–H and O–H groups in total. The monoisotopic (exact) mass is 262 g/mol. The van der Waals surface area contributed by atoms with E-state index in [0.29, 0.717) is 12.5 Å². The van der Waals surface area contributed by atoms with Gasteiger partial charge in [0.25, 0.3) is 5.69 Å². The normalized spacial score (nSPS) is 17.9. The zero-order valence-electron chi connectivity index (χ0n) is 10.3. The molecule has 2 heterocycles. The minimum absolute atomic E-state index is 0.0961. The first-order valence-electron chi connectivity index (χ1n) is 6.08. The van der Waals surface area contributed by atoms with Crippen molar-refractivity contribution >= 4 is 5.69 Å². The van der Waals surface area contributed by atoms with Crippen LogP contribution in [0.1, 0.15) is 18.4 Å². The molecule has 0 saturated carbocycles. The number of pyridine rings is 1. The van der Waals surface area contributed by atoms with Gasteiger partial charge in [-0.1, -0.05) is 0 Å². The Hall–Kier alpha value is -2.20. The van der Waals surface area contributed by atoms with Crippen LogP contribution in [-0.2, 0) is 0 Å². The van der Waals surface area contributed by atoms with Crippen LogP contribution in [0.15, 0.2) is 12.3 Å². The third-order valence-electron chi connectivity index (χ3n) is 3.10. The highest BCUT2D eigenvalue weighted by atomic mass is 16.6. The van der Waals surface area contributed by atoms with Crippen LogP contribution >= 0.6 is 0 Å². The first-order valence-corrected chi connectivity index (χ1v) is 6.08. The van der Waals surface area contributed by atoms with E-state index >= 15 is 0 Å². The van der Waals surface area contributed by atoms with Crippen molar-refractivity contribution in [2.45, 2.75) is 12.8 Å². The van der Waals surface area contributed by atoms with Gasteiger partial charge >= 0.3 is 0 Å². The van der Waals surface area contributed by atoms with Crippen molar-refractivity contribution in [2.75, 3.05) is 19.7 Å². The van der Waals surface area contributed by atoms with Gasteiger partial charge in [0, 0.05) is 6.07 Å². The Bertz CT molecular complexity index is 506. The molecule has 1 aromatic heterocycles. The van der Waals surface area contributed by atoms with Gasteiger partial charge in [-0.15, -0.1) is 0 Å². The largest absolute Gasteiger partial charge is 0.477 e. The summed E-state index contributed by atoms with van der Waals surface area (Å²) in [5.74, 6) is 0.752. The maximum Gasteiger partial charge on any atom is 0.289 e. The molecule has 0 aliphatic carbocycles. The third kappa shape index (κ3) is 3.39. The number of nitrogens with one attached hydrogen (secondary N) is 1. The molecule has 1 saturated heterocycles. The zero-order chi connectivity index (χ0) is 13.7. The van der Waals surface area contributed by atoms with Crippen molar-refractivity contribution in [3.8, 4) is 11.9 Å². The average Bonchev–Trinajstić information content (AvgIpc) is 2.92. The van der Waals surface area contributed by atoms with Crippen molar-refractivity contribution in [3.63, 3.8) is 0 Å². The highest BCUT2D eigenvalue weighted by Gasteiger charge is 2.16. The number of ether oxygens (including phenoxy) is 1. The first kappa shape index (κ1) is 13.2. The topological polar surface area (TPSA) is 101 Å². The Morgan fingerprint density at radius 2 is 2.53 bits per heavy atom. The van der Waals surface area contributed by atoms with Gasteiger partial charge in [0.1, 0.15) is 17.8 Å². The van der Waals surface area contributed by atoms with E-state index in [4.69, 9.17) is 10.00 Å². The second kappa shape index (κ2) is 6.11. The molecule has 2 rings (SSSR count). The lowest BCUT2D eigenvalue weighted by Gasteiger charge is -2.09. The summed E-state index contributed by atoms with van der Waals surface area (Å²) in [5, 5.41) is 22.8. The van der Waals surface area contributed by atoms with Crippen molar-refractivity contribution in [1.29, 1.82) is 5.26 Å². The van der Waals surface area contributed by atoms with E-state index in [2.05, 4.69) is 10.3 Å². The summed E-state index contributed by atoms with van der Waals surface area (Å²) < 4.78 is 5.44. The molecule has 1 aromatic rings. The summed E-state index contributed by atoms with van der Waals surface area (Å²) in [6, 6.07) is 3.05. The summed E-state index contributed by atoms with van der Waals surface area (Å²) in [7, 11) is 0. The molecule has 0 aromatic carbocycles. The highest BCUT2D eigenvalue weighted by molar-refractivity contribution is 5.44. The van der Waals surface area contributed by atoms with Gasteiger partial charge in [-0.2, -0.15) is 5.26 Å². The van der Waals surface area contributed by atoms with Crippen LogP contribution in [0.5, 0.6) is 5.88 Å². The predicted octanol–water partition coefficient (Wildman–Crippen LogP) is 1.24. The second-order valence-electron chi connectivity index (χ2n) is 4.41. The smallest absolute Gasteiger partial charge is 0.289 e. The second-order valence-corrected chi connectivity index (χ2v) is 4.41. The molecule has 100 valence electrons. The highest BCUT2D eigenvalue weighted by Crippen LogP contribution is 2.21. The van der Waals surface area contributed by atoms with E-state index in [1.165, 1.54) is 6.07 Å². The lowest BCUT2D eigenvalue weighted by molar-refractivity contribution is -0.385. The van der Waals surface area contributed by atoms with Crippen molar-refractivity contribution in [1.82, 2.24) is 10.3 Å². The first-order chi connectivity index (χ1) is 9.20. The number of hydrogen-bond acceptors (Lipinski definition) is 6. The van der Waals surface area contributed by atoms with Crippen LogP contribution in [0.25, 0.3) is 0 Å². The molecular formula is C12H14N4O3. The molecule has 1 unspecified atom stereocenters. The van der Waals surface area contributed by atoms with Crippen LogP contribution in [-0.4, -0.2) is 29.6 Å². The van der Waals surface area contributed by atoms with E-state index in [1.807, 2.05) is 6.07 Å². The predicted molar refractivity (Wildman–Crippen MR) is 66.7 cm³/mol. The fourth-order valence-electron chi connectivity index (χ4n) is 2.02. The van der Waals surface area contributed by atoms with Crippen LogP contribution in [0.4, 0.5) is 5.69 Å². The number of hydrogen-bond donors (Lipinski definition) is 1. The van der Waals surface area contributed by atoms with Gasteiger partial charge in [-0.3, -0.25) is 10.1 Å². The van der Waals surface area contributed by atoms with Crippen LogP contribution in [0, 0.1) is 27.4 Å². The number of aromatic nitrogens is 1. The Kier molecular flexibility index (Phi) is 4.26. The SMILES string of the molecule is N#Cc1cc([N+](=O)[O-])cnc1OCCC1CCNC1. The molecule has 0 bridgehead atoms. The van der Waals surface area contributed by atoms with Crippen LogP contribution < -0.4 is 10.1 Å². The summed E-state index contributed by atoms with van der Waals surface area (Å²) in [4.78, 5) is 13.8. The van der Waals surface area contributed by atoms with Crippen LogP contribution in [0.2, 0.25) is 0 Å². The van der Waals surface area contributed by atoms with Crippen molar-refractivity contribution in [2.24, 2.45) is 5.92 Å². The maximum atomic E-state index is 10.6. The molecule has 0 radical (unpaired) electrons. The minimum atomic E-state index is -0.582. The Labute approximate surface area is 110 Å². The minimum Gasteiger partial charge on any atom is -0.477 e. The van der Waals surface area contributed by atoms with E-state index in [0.717, 1.165) is 32.1 Å². The Balaban J connectivity index is 1.95. The molecule has 1 fully saturated rings. The van der Waals surface area contributed by atoms with Gasteiger partial charge in [-0.05, 0) is 31.8 Å². The molecular weight excluding hydrogens is 248 g/mol. The molecule has 0 amide bonds. The Morgan fingerprint density at radius 3 is 3.16 bits per heavy atom. The molecule has 7 nitrogen and oxygen atoms in total. The zero-order valence-corrected chi connectivity index (χ0v) is 10.3. The van der Waals surface area contributed by atoms with Gasteiger partial charge in [0.05, 0.1) is 11.5 Å². The van der Waals surface area contributed by atoms with Crippen molar-refractivity contribution in [3.05, 3.63) is 27.9 Å². The standard InChI is InChI=1S/C12H14N4O3/c13-6-10-5-11(16(17)18)8-15-12(10)19-4-2-9-1-3-14-7-9/h5,8-9,14H,1-4,7H2. The molecule has 7 heteroatoms. The summed E-state index contributed by atoms with van der Waals surface area (Å²) in [6.45, 7) is 2.48. The fourth-order valence-corrected chi connectivity index (χ4v) is 2.02. The summed E-state index contributed by atoms with van der Waals surface area (Å²) >= 11 is 0. The van der Waals surface area contributed by atoms with Gasteiger partial charge in [0.15, 0.2) is 0 Å². The molecule has 1 aliphatic heterocycles. The van der Waals surface area contributed by atoms with E-state index in [9.17, 15) is 10.1 Å². The summed E-state index contributed by atoms with van der Waals surface area (Å²) in [6.07, 6.45) is 3.12. The molecule has 0 spiro atoms. The van der Waals surface area contributed by atoms with E-state index in [1.54, 1.807) is 0 Å². The fraction of sp³-hybridized carbons (Fsp3) is 0.500. The summed E-state index contributed by atoms with van der Waals surface area (Å²) in [5.41, 5.74) is -0.109. The van der Waals surface area contributed by atoms with Gasteiger partial charge in [0.2, 0.25) is 5.88 Å². The lowest BCUT2D eigenvalue weighted by Crippen LogP contribution is -2.12. The van der Waals surface area contributed by atoms with E-state index in [-0.39, 0.29) is 17.1 Å². The quantitative estimate of drug-likeness (QED) is 0.632. The van der Waals surface area contributed by atoms with Gasteiger partial charge < -0.3 is 10.1 Å². The molecule has 1 aliphatic rings. The molecule has 1 atom stereocenters. The number of nitro groups is 1. The van der Waals surface area contributed by atoms with Crippen molar-refractivity contribution < 1.29 is 9.66 Å².